The molecule has 34 heavy (non-hydrogen) atoms. The van der Waals surface area contributed by atoms with Gasteiger partial charge in [0.1, 0.15) is 0 Å². The van der Waals surface area contributed by atoms with Crippen molar-refractivity contribution >= 4 is 35.0 Å². The molecule has 6 nitrogen and oxygen atoms in total. The lowest BCUT2D eigenvalue weighted by molar-refractivity contribution is -0.124. The number of imide groups is 2. The fourth-order valence-electron chi connectivity index (χ4n) is 5.72. The Bertz CT molecular complexity index is 1110. The molecule has 0 radical (unpaired) electrons. The summed E-state index contributed by atoms with van der Waals surface area (Å²) in [5, 5.41) is 0. The van der Waals surface area contributed by atoms with Crippen LogP contribution in [0, 0.1) is 23.7 Å². The summed E-state index contributed by atoms with van der Waals surface area (Å²) >= 11 is 0. The van der Waals surface area contributed by atoms with E-state index in [4.69, 9.17) is 0 Å². The molecule has 2 aliphatic carbocycles. The van der Waals surface area contributed by atoms with Crippen LogP contribution >= 0.6 is 0 Å². The Labute approximate surface area is 197 Å². The van der Waals surface area contributed by atoms with Crippen LogP contribution in [0.1, 0.15) is 25.7 Å². The molecule has 2 fully saturated rings. The molecule has 4 amide bonds. The first-order valence-corrected chi connectivity index (χ1v) is 11.8. The fourth-order valence-corrected chi connectivity index (χ4v) is 5.72. The third-order valence-corrected chi connectivity index (χ3v) is 7.60. The van der Waals surface area contributed by atoms with Crippen molar-refractivity contribution in [3.8, 4) is 11.1 Å². The van der Waals surface area contributed by atoms with E-state index in [0.717, 1.165) is 11.1 Å². The molecule has 0 bridgehead atoms. The SMILES string of the molecule is O=C1[C@@H]2CC=CC[C@H]2C(=O)N1c1ccc(-c2ccc(N3C(=O)[C@@H]4CC=CC[C@H]4C3=O)cc2)cc1. The van der Waals surface area contributed by atoms with Crippen LogP contribution in [0.3, 0.4) is 0 Å². The average Bonchev–Trinajstić information content (AvgIpc) is 3.29. The lowest BCUT2D eigenvalue weighted by atomic mass is 9.85. The Hall–Kier alpha value is -3.80. The fraction of sp³-hybridized carbons (Fsp3) is 0.286. The van der Waals surface area contributed by atoms with E-state index in [1.165, 1.54) is 9.80 Å². The molecule has 4 atom stereocenters. The summed E-state index contributed by atoms with van der Waals surface area (Å²) in [6.07, 6.45) is 10.4. The van der Waals surface area contributed by atoms with E-state index in [2.05, 4.69) is 0 Å². The Kier molecular flexibility index (Phi) is 4.83. The van der Waals surface area contributed by atoms with Gasteiger partial charge in [-0.3, -0.25) is 29.0 Å². The number of carbonyl (C=O) groups is 4. The molecular formula is C28H24N2O4. The second-order valence-corrected chi connectivity index (χ2v) is 9.43. The second-order valence-electron chi connectivity index (χ2n) is 9.43. The number of benzene rings is 2. The third-order valence-electron chi connectivity index (χ3n) is 7.60. The van der Waals surface area contributed by atoms with Gasteiger partial charge in [0, 0.05) is 0 Å². The van der Waals surface area contributed by atoms with Crippen LogP contribution in [0.25, 0.3) is 11.1 Å². The van der Waals surface area contributed by atoms with E-state index in [-0.39, 0.29) is 47.3 Å². The Balaban J connectivity index is 1.21. The molecule has 2 saturated heterocycles. The summed E-state index contributed by atoms with van der Waals surface area (Å²) in [6.45, 7) is 0. The number of hydrogen-bond acceptors (Lipinski definition) is 4. The standard InChI is InChI=1S/C28H24N2O4/c31-25-21-5-1-2-6-22(21)26(32)29(25)19-13-9-17(10-14-19)18-11-15-20(16-12-18)30-27(33)23-7-3-4-8-24(23)28(30)34/h1-4,9-16,21-24H,5-8H2/t21-,22-,23-,24-/m1/s1. The highest BCUT2D eigenvalue weighted by molar-refractivity contribution is 6.23. The quantitative estimate of drug-likeness (QED) is 0.515. The summed E-state index contributed by atoms with van der Waals surface area (Å²) in [5.41, 5.74) is 3.03. The largest absolute Gasteiger partial charge is 0.274 e. The van der Waals surface area contributed by atoms with Crippen molar-refractivity contribution in [3.63, 3.8) is 0 Å². The maximum Gasteiger partial charge on any atom is 0.238 e. The maximum absolute atomic E-state index is 12.8. The van der Waals surface area contributed by atoms with Gasteiger partial charge in [0.25, 0.3) is 0 Å². The molecule has 0 unspecified atom stereocenters. The highest BCUT2D eigenvalue weighted by Gasteiger charge is 2.48. The molecule has 2 aromatic carbocycles. The van der Waals surface area contributed by atoms with Crippen LogP contribution < -0.4 is 9.80 Å². The average molecular weight is 453 g/mol. The third kappa shape index (κ3) is 3.09. The normalized spacial score (nSPS) is 28.0. The minimum atomic E-state index is -0.250. The first-order valence-electron chi connectivity index (χ1n) is 11.8. The van der Waals surface area contributed by atoms with Crippen LogP contribution in [0.2, 0.25) is 0 Å². The molecule has 2 aliphatic heterocycles. The number of hydrogen-bond donors (Lipinski definition) is 0. The first-order chi connectivity index (χ1) is 16.5. The van der Waals surface area contributed by atoms with Crippen molar-refractivity contribution in [2.24, 2.45) is 23.7 Å². The molecule has 0 saturated carbocycles. The van der Waals surface area contributed by atoms with Crippen molar-refractivity contribution in [2.45, 2.75) is 25.7 Å². The van der Waals surface area contributed by atoms with E-state index in [1.807, 2.05) is 48.6 Å². The molecule has 170 valence electrons. The van der Waals surface area contributed by atoms with E-state index in [9.17, 15) is 19.2 Å². The molecule has 0 spiro atoms. The van der Waals surface area contributed by atoms with Gasteiger partial charge in [0.15, 0.2) is 0 Å². The summed E-state index contributed by atoms with van der Waals surface area (Å²) in [4.78, 5) is 53.9. The predicted octanol–water partition coefficient (Wildman–Crippen LogP) is 4.26. The summed E-state index contributed by atoms with van der Waals surface area (Å²) in [5.74, 6) is -1.47. The number of amides is 4. The lowest BCUT2D eigenvalue weighted by Gasteiger charge is -2.16. The highest BCUT2D eigenvalue weighted by atomic mass is 16.2. The van der Waals surface area contributed by atoms with Gasteiger partial charge in [-0.25, -0.2) is 0 Å². The number of rotatable bonds is 3. The number of nitrogens with zero attached hydrogens (tertiary/aromatic N) is 2. The minimum Gasteiger partial charge on any atom is -0.274 e. The van der Waals surface area contributed by atoms with Gasteiger partial charge in [0.05, 0.1) is 35.0 Å². The first kappa shape index (κ1) is 20.8. The van der Waals surface area contributed by atoms with Gasteiger partial charge in [-0.2, -0.15) is 0 Å². The molecule has 0 N–H and O–H groups in total. The maximum atomic E-state index is 12.8. The topological polar surface area (TPSA) is 74.8 Å². The van der Waals surface area contributed by atoms with Gasteiger partial charge in [-0.1, -0.05) is 48.6 Å². The zero-order chi connectivity index (χ0) is 23.4. The summed E-state index contributed by atoms with van der Waals surface area (Å²) < 4.78 is 0. The van der Waals surface area contributed by atoms with Crippen molar-refractivity contribution in [3.05, 3.63) is 72.8 Å². The number of anilines is 2. The zero-order valence-electron chi connectivity index (χ0n) is 18.6. The number of carbonyl (C=O) groups excluding carboxylic acids is 4. The van der Waals surface area contributed by atoms with Gasteiger partial charge in [0.2, 0.25) is 23.6 Å². The Morgan fingerprint density at radius 2 is 0.706 bits per heavy atom. The molecule has 6 rings (SSSR count). The lowest BCUT2D eigenvalue weighted by Crippen LogP contribution is -2.30. The highest BCUT2D eigenvalue weighted by Crippen LogP contribution is 2.39. The number of fused-ring (bicyclic) bond motifs is 2. The predicted molar refractivity (Wildman–Crippen MR) is 128 cm³/mol. The summed E-state index contributed by atoms with van der Waals surface area (Å²) in [6, 6.07) is 14.7. The van der Waals surface area contributed by atoms with Crippen LogP contribution in [0.4, 0.5) is 11.4 Å². The van der Waals surface area contributed by atoms with Gasteiger partial charge >= 0.3 is 0 Å². The van der Waals surface area contributed by atoms with Crippen molar-refractivity contribution in [1.29, 1.82) is 0 Å². The van der Waals surface area contributed by atoms with Crippen molar-refractivity contribution in [2.75, 3.05) is 9.80 Å². The van der Waals surface area contributed by atoms with E-state index >= 15 is 0 Å². The van der Waals surface area contributed by atoms with Crippen LogP contribution in [0.5, 0.6) is 0 Å². The van der Waals surface area contributed by atoms with E-state index in [1.54, 1.807) is 24.3 Å². The molecule has 2 aromatic rings. The smallest absolute Gasteiger partial charge is 0.238 e. The molecule has 4 aliphatic rings. The van der Waals surface area contributed by atoms with Crippen molar-refractivity contribution in [1.82, 2.24) is 0 Å². The Morgan fingerprint density at radius 1 is 0.441 bits per heavy atom. The second kappa shape index (κ2) is 7.90. The van der Waals surface area contributed by atoms with Gasteiger partial charge < -0.3 is 0 Å². The van der Waals surface area contributed by atoms with E-state index < -0.39 is 0 Å². The Morgan fingerprint density at radius 3 is 0.971 bits per heavy atom. The zero-order valence-corrected chi connectivity index (χ0v) is 18.6. The van der Waals surface area contributed by atoms with Crippen molar-refractivity contribution < 1.29 is 19.2 Å². The molecule has 2 heterocycles. The van der Waals surface area contributed by atoms with Gasteiger partial charge in [-0.15, -0.1) is 0 Å². The number of allylic oxidation sites excluding steroid dienone is 4. The van der Waals surface area contributed by atoms with Gasteiger partial charge in [-0.05, 0) is 61.1 Å². The van der Waals surface area contributed by atoms with Crippen LogP contribution in [0.15, 0.2) is 72.8 Å². The molecule has 0 aromatic heterocycles. The van der Waals surface area contributed by atoms with Crippen LogP contribution in [-0.2, 0) is 19.2 Å². The summed E-state index contributed by atoms with van der Waals surface area (Å²) in [7, 11) is 0. The monoisotopic (exact) mass is 452 g/mol. The molecule has 6 heteroatoms. The minimum absolute atomic E-state index is 0.118. The van der Waals surface area contributed by atoms with Crippen LogP contribution in [-0.4, -0.2) is 23.6 Å². The molecular weight excluding hydrogens is 428 g/mol. The van der Waals surface area contributed by atoms with E-state index in [0.29, 0.717) is 37.1 Å².